The first-order valence-corrected chi connectivity index (χ1v) is 8.69. The van der Waals surface area contributed by atoms with E-state index in [1.54, 1.807) is 11.3 Å². The van der Waals surface area contributed by atoms with Crippen LogP contribution in [0.4, 0.5) is 11.5 Å². The summed E-state index contributed by atoms with van der Waals surface area (Å²) in [4.78, 5) is 6.49. The maximum atomic E-state index is 5.85. The summed E-state index contributed by atoms with van der Waals surface area (Å²) in [5.74, 6) is 0.830. The Bertz CT molecular complexity index is 778. The summed E-state index contributed by atoms with van der Waals surface area (Å²) in [5, 5.41) is 13.6. The third kappa shape index (κ3) is 3.01. The molecular weight excluding hydrogens is 314 g/mol. The van der Waals surface area contributed by atoms with Crippen molar-refractivity contribution < 1.29 is 0 Å². The van der Waals surface area contributed by atoms with Gasteiger partial charge in [-0.25, -0.2) is 4.98 Å². The van der Waals surface area contributed by atoms with E-state index in [1.807, 2.05) is 41.5 Å². The van der Waals surface area contributed by atoms with E-state index in [9.17, 15) is 0 Å². The molecule has 22 heavy (non-hydrogen) atoms. The van der Waals surface area contributed by atoms with Crippen LogP contribution in [0.25, 0.3) is 10.4 Å². The number of benzene rings is 1. The fourth-order valence-corrected chi connectivity index (χ4v) is 3.60. The summed E-state index contributed by atoms with van der Waals surface area (Å²) in [6, 6.07) is 8.12. The lowest BCUT2D eigenvalue weighted by molar-refractivity contribution is 0.662. The van der Waals surface area contributed by atoms with Gasteiger partial charge in [0.15, 0.2) is 5.82 Å². The minimum atomic E-state index is 0.830. The molecule has 2 aromatic heterocycles. The number of hydrogen-bond donors (Lipinski definition) is 2. The Morgan fingerprint density at radius 1 is 1.36 bits per heavy atom. The van der Waals surface area contributed by atoms with Gasteiger partial charge in [0, 0.05) is 35.0 Å². The maximum Gasteiger partial charge on any atom is 0.152 e. The molecular formula is C15H17N5S2. The van der Waals surface area contributed by atoms with Gasteiger partial charge in [0.25, 0.3) is 0 Å². The van der Waals surface area contributed by atoms with Gasteiger partial charge >= 0.3 is 0 Å². The van der Waals surface area contributed by atoms with Crippen LogP contribution in [0.3, 0.4) is 0 Å². The lowest BCUT2D eigenvalue weighted by atomic mass is 10.1. The molecule has 0 atom stereocenters. The van der Waals surface area contributed by atoms with Gasteiger partial charge < -0.3 is 5.32 Å². The number of aromatic nitrogens is 3. The summed E-state index contributed by atoms with van der Waals surface area (Å²) in [7, 11) is 0. The van der Waals surface area contributed by atoms with Gasteiger partial charge in [-0.3, -0.25) is 9.82 Å². The zero-order valence-corrected chi connectivity index (χ0v) is 14.0. The second-order valence-electron chi connectivity index (χ2n) is 4.78. The Morgan fingerprint density at radius 3 is 2.86 bits per heavy atom. The predicted octanol–water partition coefficient (Wildman–Crippen LogP) is 4.04. The average Bonchev–Trinajstić information content (AvgIpc) is 3.16. The van der Waals surface area contributed by atoms with Crippen LogP contribution in [0.2, 0.25) is 0 Å². The molecule has 0 fully saturated rings. The first-order valence-electron chi connectivity index (χ1n) is 6.93. The van der Waals surface area contributed by atoms with Crippen LogP contribution in [0.1, 0.15) is 12.6 Å². The smallest absolute Gasteiger partial charge is 0.152 e. The van der Waals surface area contributed by atoms with E-state index in [2.05, 4.69) is 28.4 Å². The molecule has 1 aromatic carbocycles. The summed E-state index contributed by atoms with van der Waals surface area (Å²) in [6.45, 7) is 4.93. The van der Waals surface area contributed by atoms with Crippen molar-refractivity contribution in [2.45, 2.75) is 25.3 Å². The highest BCUT2D eigenvalue weighted by atomic mass is 32.2. The van der Waals surface area contributed by atoms with Crippen LogP contribution in [0.15, 0.2) is 40.9 Å². The van der Waals surface area contributed by atoms with Gasteiger partial charge in [-0.15, -0.1) is 11.3 Å². The van der Waals surface area contributed by atoms with E-state index >= 15 is 0 Å². The van der Waals surface area contributed by atoms with Crippen LogP contribution in [-0.2, 0) is 6.54 Å². The van der Waals surface area contributed by atoms with E-state index in [1.165, 1.54) is 11.9 Å². The van der Waals surface area contributed by atoms with Crippen LogP contribution < -0.4 is 10.5 Å². The van der Waals surface area contributed by atoms with Gasteiger partial charge in [-0.1, -0.05) is 6.07 Å². The highest BCUT2D eigenvalue weighted by molar-refractivity contribution is 7.97. The molecule has 0 aliphatic heterocycles. The Morgan fingerprint density at radius 2 is 2.23 bits per heavy atom. The third-order valence-electron chi connectivity index (χ3n) is 3.34. The van der Waals surface area contributed by atoms with Crippen molar-refractivity contribution in [1.29, 1.82) is 0 Å². The minimum Gasteiger partial charge on any atom is -0.339 e. The molecule has 0 spiro atoms. The van der Waals surface area contributed by atoms with Crippen molar-refractivity contribution in [2.75, 3.05) is 5.32 Å². The van der Waals surface area contributed by atoms with Gasteiger partial charge in [-0.05, 0) is 37.9 Å². The lowest BCUT2D eigenvalue weighted by Crippen LogP contribution is -1.97. The quantitative estimate of drug-likeness (QED) is 0.690. The third-order valence-corrected chi connectivity index (χ3v) is 4.89. The molecule has 0 unspecified atom stereocenters. The van der Waals surface area contributed by atoms with E-state index in [0.29, 0.717) is 0 Å². The Hall–Kier alpha value is -1.83. The number of anilines is 2. The number of hydrogen-bond acceptors (Lipinski definition) is 6. The van der Waals surface area contributed by atoms with E-state index in [4.69, 9.17) is 5.14 Å². The SMILES string of the molecule is CCn1ccc(Nc2ccc(-c3scnc3C)c(SN)c2)n1. The second-order valence-corrected chi connectivity index (χ2v) is 6.31. The summed E-state index contributed by atoms with van der Waals surface area (Å²) in [6.07, 6.45) is 1.95. The van der Waals surface area contributed by atoms with Crippen molar-refractivity contribution in [3.8, 4) is 10.4 Å². The molecule has 3 N–H and O–H groups in total. The molecule has 5 nitrogen and oxygen atoms in total. The highest BCUT2D eigenvalue weighted by Gasteiger charge is 2.11. The lowest BCUT2D eigenvalue weighted by Gasteiger charge is -2.09. The zero-order valence-electron chi connectivity index (χ0n) is 12.4. The predicted molar refractivity (Wildman–Crippen MR) is 93.5 cm³/mol. The number of nitrogens with two attached hydrogens (primary N) is 1. The van der Waals surface area contributed by atoms with E-state index in [0.717, 1.165) is 39.1 Å². The standard InChI is InChI=1S/C15H17N5S2/c1-3-20-7-6-14(19-20)18-11-4-5-12(13(8-11)22-16)15-10(2)17-9-21-15/h4-9H,3,16H2,1-2H3,(H,18,19). The molecule has 0 bridgehead atoms. The fourth-order valence-electron chi connectivity index (χ4n) is 2.20. The van der Waals surface area contributed by atoms with Crippen molar-refractivity contribution in [2.24, 2.45) is 5.14 Å². The largest absolute Gasteiger partial charge is 0.339 e. The van der Waals surface area contributed by atoms with Crippen molar-refractivity contribution >= 4 is 34.8 Å². The summed E-state index contributed by atoms with van der Waals surface area (Å²) < 4.78 is 1.88. The van der Waals surface area contributed by atoms with Gasteiger partial charge in [-0.2, -0.15) is 5.10 Å². The average molecular weight is 331 g/mol. The summed E-state index contributed by atoms with van der Waals surface area (Å²) >= 11 is 2.88. The molecule has 3 aromatic rings. The first kappa shape index (κ1) is 15.1. The van der Waals surface area contributed by atoms with Crippen molar-refractivity contribution in [3.05, 3.63) is 41.7 Å². The van der Waals surface area contributed by atoms with Gasteiger partial charge in [0.05, 0.1) is 16.1 Å². The Kier molecular flexibility index (Phi) is 4.47. The highest BCUT2D eigenvalue weighted by Crippen LogP contribution is 2.35. The molecule has 114 valence electrons. The monoisotopic (exact) mass is 331 g/mol. The van der Waals surface area contributed by atoms with Gasteiger partial charge in [0.1, 0.15) is 0 Å². The molecule has 7 heteroatoms. The van der Waals surface area contributed by atoms with Crippen LogP contribution in [0, 0.1) is 6.92 Å². The van der Waals surface area contributed by atoms with E-state index < -0.39 is 0 Å². The Labute approximate surface area is 137 Å². The molecule has 0 saturated heterocycles. The van der Waals surface area contributed by atoms with Gasteiger partial charge in [0.2, 0.25) is 0 Å². The Balaban J connectivity index is 1.90. The molecule has 0 saturated carbocycles. The van der Waals surface area contributed by atoms with E-state index in [-0.39, 0.29) is 0 Å². The second kappa shape index (κ2) is 6.51. The zero-order chi connectivity index (χ0) is 15.5. The molecule has 2 heterocycles. The topological polar surface area (TPSA) is 68.8 Å². The van der Waals surface area contributed by atoms with Crippen molar-refractivity contribution in [3.63, 3.8) is 0 Å². The number of rotatable bonds is 5. The fraction of sp³-hybridized carbons (Fsp3) is 0.200. The normalized spacial score (nSPS) is 10.9. The molecule has 0 aliphatic carbocycles. The van der Waals surface area contributed by atoms with Crippen molar-refractivity contribution in [1.82, 2.24) is 14.8 Å². The number of thiazole rings is 1. The van der Waals surface area contributed by atoms with Crippen LogP contribution in [0.5, 0.6) is 0 Å². The maximum absolute atomic E-state index is 5.85. The molecule has 3 rings (SSSR count). The number of nitrogens with zero attached hydrogens (tertiary/aromatic N) is 3. The molecule has 0 amide bonds. The number of nitrogens with one attached hydrogen (secondary N) is 1. The minimum absolute atomic E-state index is 0.830. The molecule has 0 aliphatic rings. The molecule has 0 radical (unpaired) electrons. The summed E-state index contributed by atoms with van der Waals surface area (Å²) in [5.41, 5.74) is 4.99. The first-order chi connectivity index (χ1) is 10.7. The van der Waals surface area contributed by atoms with Crippen LogP contribution in [-0.4, -0.2) is 14.8 Å². The number of aryl methyl sites for hydroxylation is 2. The van der Waals surface area contributed by atoms with Crippen LogP contribution >= 0.6 is 23.3 Å².